The lowest BCUT2D eigenvalue weighted by atomic mass is 10.2. The number of fused-ring (bicyclic) bond motifs is 1. The zero-order chi connectivity index (χ0) is 16.1. The number of amides is 1. The number of anilines is 1. The Labute approximate surface area is 136 Å². The van der Waals surface area contributed by atoms with Gasteiger partial charge in [-0.05, 0) is 31.4 Å². The number of hydrogen-bond acceptors (Lipinski definition) is 5. The van der Waals surface area contributed by atoms with Crippen LogP contribution in [0.4, 0.5) is 5.82 Å². The van der Waals surface area contributed by atoms with Crippen molar-refractivity contribution >= 4 is 17.4 Å². The van der Waals surface area contributed by atoms with Crippen LogP contribution in [0.2, 0.25) is 0 Å². The Kier molecular flexibility index (Phi) is 5.05. The summed E-state index contributed by atoms with van der Waals surface area (Å²) in [5.74, 6) is 1.76. The van der Waals surface area contributed by atoms with E-state index in [0.29, 0.717) is 12.8 Å². The predicted molar refractivity (Wildman–Crippen MR) is 88.5 cm³/mol. The minimum absolute atomic E-state index is 0.0610. The first kappa shape index (κ1) is 15.7. The van der Waals surface area contributed by atoms with Crippen LogP contribution in [0.25, 0.3) is 5.65 Å². The van der Waals surface area contributed by atoms with Gasteiger partial charge in [-0.15, -0.1) is 15.3 Å². The predicted octanol–water partition coefficient (Wildman–Crippen LogP) is 1.57. The van der Waals surface area contributed by atoms with Gasteiger partial charge in [0.1, 0.15) is 5.82 Å². The number of aromatic nitrogens is 4. The molecule has 0 bridgehead atoms. The van der Waals surface area contributed by atoms with Crippen molar-refractivity contribution in [3.05, 3.63) is 18.0 Å². The maximum atomic E-state index is 11.8. The molecule has 23 heavy (non-hydrogen) atoms. The fraction of sp³-hybridized carbons (Fsp3) is 0.625. The molecule has 0 atom stereocenters. The molecule has 7 nitrogen and oxygen atoms in total. The molecule has 124 valence electrons. The topological polar surface area (TPSA) is 75.4 Å². The molecule has 0 saturated carbocycles. The van der Waals surface area contributed by atoms with E-state index in [9.17, 15) is 4.79 Å². The molecule has 0 aromatic carbocycles. The highest BCUT2D eigenvalue weighted by Gasteiger charge is 2.16. The molecule has 1 saturated heterocycles. The average molecular weight is 316 g/mol. The van der Waals surface area contributed by atoms with E-state index in [4.69, 9.17) is 0 Å². The molecule has 3 rings (SSSR count). The summed E-state index contributed by atoms with van der Waals surface area (Å²) in [5, 5.41) is 15.9. The van der Waals surface area contributed by atoms with Gasteiger partial charge in [0.15, 0.2) is 11.5 Å². The molecule has 1 fully saturated rings. The zero-order valence-corrected chi connectivity index (χ0v) is 13.7. The largest absolute Gasteiger partial charge is 0.356 e. The molecule has 0 spiro atoms. The number of hydrogen-bond donors (Lipinski definition) is 1. The first-order valence-corrected chi connectivity index (χ1v) is 8.51. The maximum Gasteiger partial charge on any atom is 0.220 e. The number of carbonyl (C=O) groups excluding carboxylic acids is 1. The second-order valence-corrected chi connectivity index (χ2v) is 5.98. The van der Waals surface area contributed by atoms with Gasteiger partial charge < -0.3 is 10.2 Å². The van der Waals surface area contributed by atoms with E-state index in [-0.39, 0.29) is 5.91 Å². The van der Waals surface area contributed by atoms with Crippen LogP contribution < -0.4 is 10.2 Å². The highest BCUT2D eigenvalue weighted by Crippen LogP contribution is 2.18. The van der Waals surface area contributed by atoms with Gasteiger partial charge in [0.05, 0.1) is 0 Å². The first-order chi connectivity index (χ1) is 11.3. The molecule has 1 aliphatic rings. The van der Waals surface area contributed by atoms with Crippen LogP contribution in [0.3, 0.4) is 0 Å². The van der Waals surface area contributed by atoms with Gasteiger partial charge in [0, 0.05) is 32.5 Å². The molecular formula is C16H24N6O. The van der Waals surface area contributed by atoms with E-state index in [0.717, 1.165) is 49.8 Å². The fourth-order valence-electron chi connectivity index (χ4n) is 2.81. The average Bonchev–Trinajstić information content (AvgIpc) is 3.22. The van der Waals surface area contributed by atoms with Crippen LogP contribution in [0.5, 0.6) is 0 Å². The number of aryl methyl sites for hydroxylation is 1. The monoisotopic (exact) mass is 316 g/mol. The van der Waals surface area contributed by atoms with Crippen molar-refractivity contribution in [3.8, 4) is 0 Å². The third-order valence-electron chi connectivity index (χ3n) is 4.17. The highest BCUT2D eigenvalue weighted by molar-refractivity contribution is 5.76. The lowest BCUT2D eigenvalue weighted by molar-refractivity contribution is -0.121. The lowest BCUT2D eigenvalue weighted by Gasteiger charge is -2.15. The zero-order valence-electron chi connectivity index (χ0n) is 13.7. The quantitative estimate of drug-likeness (QED) is 0.785. The van der Waals surface area contributed by atoms with Crippen molar-refractivity contribution in [1.29, 1.82) is 0 Å². The molecule has 3 heterocycles. The van der Waals surface area contributed by atoms with E-state index in [1.165, 1.54) is 12.8 Å². The van der Waals surface area contributed by atoms with Gasteiger partial charge in [-0.25, -0.2) is 0 Å². The SMILES string of the molecule is CCCCNC(=O)CCc1nnc2ccc(N3CCCC3)nn12. The first-order valence-electron chi connectivity index (χ1n) is 8.51. The van der Waals surface area contributed by atoms with Gasteiger partial charge >= 0.3 is 0 Å². The number of unbranched alkanes of at least 4 members (excludes halogenated alkanes) is 1. The van der Waals surface area contributed by atoms with E-state index in [1.807, 2.05) is 12.1 Å². The number of nitrogens with zero attached hydrogens (tertiary/aromatic N) is 5. The minimum atomic E-state index is 0.0610. The van der Waals surface area contributed by atoms with Crippen LogP contribution in [0.1, 0.15) is 44.9 Å². The molecule has 0 unspecified atom stereocenters. The Bertz CT molecular complexity index is 662. The van der Waals surface area contributed by atoms with Gasteiger partial charge in [-0.2, -0.15) is 4.52 Å². The lowest BCUT2D eigenvalue weighted by Crippen LogP contribution is -2.25. The maximum absolute atomic E-state index is 11.8. The Morgan fingerprint density at radius 2 is 2.09 bits per heavy atom. The summed E-state index contributed by atoms with van der Waals surface area (Å²) >= 11 is 0. The molecule has 1 aliphatic heterocycles. The molecule has 2 aromatic heterocycles. The van der Waals surface area contributed by atoms with Crippen LogP contribution in [0, 0.1) is 0 Å². The van der Waals surface area contributed by atoms with E-state index >= 15 is 0 Å². The molecule has 7 heteroatoms. The summed E-state index contributed by atoms with van der Waals surface area (Å²) in [6, 6.07) is 3.94. The second kappa shape index (κ2) is 7.39. The normalized spacial score (nSPS) is 14.6. The highest BCUT2D eigenvalue weighted by atomic mass is 16.1. The van der Waals surface area contributed by atoms with Gasteiger partial charge in [-0.3, -0.25) is 4.79 Å². The Hall–Kier alpha value is -2.18. The van der Waals surface area contributed by atoms with Gasteiger partial charge in [-0.1, -0.05) is 13.3 Å². The Morgan fingerprint density at radius 1 is 1.26 bits per heavy atom. The molecule has 1 N–H and O–H groups in total. The Morgan fingerprint density at radius 3 is 2.87 bits per heavy atom. The molecular weight excluding hydrogens is 292 g/mol. The third-order valence-corrected chi connectivity index (χ3v) is 4.17. The van der Waals surface area contributed by atoms with E-state index in [1.54, 1.807) is 4.52 Å². The minimum Gasteiger partial charge on any atom is -0.356 e. The summed E-state index contributed by atoms with van der Waals surface area (Å²) in [4.78, 5) is 14.1. The van der Waals surface area contributed by atoms with Crippen LogP contribution in [-0.4, -0.2) is 45.4 Å². The number of nitrogens with one attached hydrogen (secondary N) is 1. The number of carbonyl (C=O) groups is 1. The van der Waals surface area contributed by atoms with Crippen LogP contribution in [-0.2, 0) is 11.2 Å². The molecule has 2 aromatic rings. The summed E-state index contributed by atoms with van der Waals surface area (Å²) in [5.41, 5.74) is 0.731. The van der Waals surface area contributed by atoms with Crippen molar-refractivity contribution in [3.63, 3.8) is 0 Å². The summed E-state index contributed by atoms with van der Waals surface area (Å²) < 4.78 is 1.77. The Balaban J connectivity index is 1.66. The van der Waals surface area contributed by atoms with E-state index < -0.39 is 0 Å². The van der Waals surface area contributed by atoms with Crippen molar-refractivity contribution in [2.75, 3.05) is 24.5 Å². The number of rotatable bonds is 7. The summed E-state index contributed by atoms with van der Waals surface area (Å²) in [7, 11) is 0. The second-order valence-electron chi connectivity index (χ2n) is 5.98. The van der Waals surface area contributed by atoms with Crippen LogP contribution in [0.15, 0.2) is 12.1 Å². The van der Waals surface area contributed by atoms with Crippen molar-refractivity contribution < 1.29 is 4.79 Å². The third kappa shape index (κ3) is 3.78. The molecule has 0 radical (unpaired) electrons. The van der Waals surface area contributed by atoms with Crippen molar-refractivity contribution in [1.82, 2.24) is 25.1 Å². The molecule has 1 amide bonds. The van der Waals surface area contributed by atoms with Gasteiger partial charge in [0.2, 0.25) is 5.91 Å². The van der Waals surface area contributed by atoms with Gasteiger partial charge in [0.25, 0.3) is 0 Å². The van der Waals surface area contributed by atoms with Crippen molar-refractivity contribution in [2.45, 2.75) is 45.4 Å². The molecule has 0 aliphatic carbocycles. The van der Waals surface area contributed by atoms with Crippen LogP contribution >= 0.6 is 0 Å². The van der Waals surface area contributed by atoms with Crippen molar-refractivity contribution in [2.24, 2.45) is 0 Å². The summed E-state index contributed by atoms with van der Waals surface area (Å²) in [6.45, 7) is 4.96. The fourth-order valence-corrected chi connectivity index (χ4v) is 2.81. The standard InChI is InChI=1S/C16H24N6O/c1-2-3-10-17-16(23)9-8-14-19-18-13-6-7-15(20-22(13)14)21-11-4-5-12-21/h6-7H,2-5,8-12H2,1H3,(H,17,23). The smallest absolute Gasteiger partial charge is 0.220 e. The summed E-state index contributed by atoms with van der Waals surface area (Å²) in [6.07, 6.45) is 5.49. The van der Waals surface area contributed by atoms with E-state index in [2.05, 4.69) is 32.4 Å².